The molecule has 3 saturated heterocycles. The minimum absolute atomic E-state index is 0.0721. The van der Waals surface area contributed by atoms with Gasteiger partial charge < -0.3 is 14.9 Å². The fourth-order valence-electron chi connectivity index (χ4n) is 3.31. The molecule has 13 nitrogen and oxygen atoms in total. The molecule has 0 unspecified atom stereocenters. The number of hydroxylamine groups is 3. The number of likely N-dealkylation sites (tertiary alicyclic amines) is 1. The highest BCUT2D eigenvalue weighted by atomic mass is 32.3. The van der Waals surface area contributed by atoms with Crippen LogP contribution in [0.3, 0.4) is 0 Å². The van der Waals surface area contributed by atoms with Crippen LogP contribution in [0.1, 0.15) is 19.3 Å². The van der Waals surface area contributed by atoms with E-state index in [1.807, 2.05) is 0 Å². The summed E-state index contributed by atoms with van der Waals surface area (Å²) in [6.45, 7) is 0.497. The lowest BCUT2D eigenvalue weighted by Crippen LogP contribution is -2.50. The van der Waals surface area contributed by atoms with Crippen LogP contribution >= 0.6 is 0 Å². The summed E-state index contributed by atoms with van der Waals surface area (Å²) in [6, 6.07) is -2.32. The molecule has 146 valence electrons. The number of hydrogen-bond donors (Lipinski definition) is 3. The van der Waals surface area contributed by atoms with Gasteiger partial charge in [-0.1, -0.05) is 0 Å². The average Bonchev–Trinajstić information content (AvgIpc) is 3.12. The molecule has 0 spiro atoms. The fourth-order valence-corrected chi connectivity index (χ4v) is 3.70. The van der Waals surface area contributed by atoms with E-state index in [1.165, 1.54) is 0 Å². The molecule has 3 rings (SSSR count). The number of hydrogen-bond acceptors (Lipinski definition) is 7. The van der Waals surface area contributed by atoms with E-state index in [0.29, 0.717) is 24.4 Å². The van der Waals surface area contributed by atoms with Crippen LogP contribution in [0, 0.1) is 0 Å². The molecule has 0 aliphatic carbocycles. The van der Waals surface area contributed by atoms with Gasteiger partial charge in [-0.3, -0.25) is 14.2 Å². The molecule has 14 heteroatoms. The van der Waals surface area contributed by atoms with Gasteiger partial charge >= 0.3 is 22.5 Å². The minimum Gasteiger partial charge on any atom is -0.465 e. The van der Waals surface area contributed by atoms with E-state index in [1.54, 1.807) is 0 Å². The number of fused-ring (bicyclic) bond motifs is 2. The summed E-state index contributed by atoms with van der Waals surface area (Å²) in [6.07, 6.45) is -0.574. The second-order valence-corrected chi connectivity index (χ2v) is 7.24. The summed E-state index contributed by atoms with van der Waals surface area (Å²) in [7, 11) is -4.85. The Balaban J connectivity index is 1.55. The largest absolute Gasteiger partial charge is 0.465 e. The normalized spacial score (nSPS) is 28.6. The monoisotopic (exact) mass is 394 g/mol. The summed E-state index contributed by atoms with van der Waals surface area (Å²) in [4.78, 5) is 42.9. The van der Waals surface area contributed by atoms with Crippen molar-refractivity contribution in [2.24, 2.45) is 0 Å². The third-order valence-electron chi connectivity index (χ3n) is 4.54. The second kappa shape index (κ2) is 6.86. The average molecular weight is 394 g/mol. The van der Waals surface area contributed by atoms with Crippen LogP contribution in [0.4, 0.5) is 9.59 Å². The van der Waals surface area contributed by atoms with E-state index in [-0.39, 0.29) is 19.5 Å². The Labute approximate surface area is 148 Å². The molecule has 2 bridgehead atoms. The Morgan fingerprint density at radius 1 is 1.19 bits per heavy atom. The van der Waals surface area contributed by atoms with Gasteiger partial charge in [-0.15, -0.1) is 4.28 Å². The van der Waals surface area contributed by atoms with Gasteiger partial charge in [0.25, 0.3) is 5.91 Å². The van der Waals surface area contributed by atoms with Crippen molar-refractivity contribution in [1.82, 2.24) is 20.3 Å². The number of carboxylic acid groups (broad SMARTS) is 1. The second-order valence-electron chi connectivity index (χ2n) is 6.23. The van der Waals surface area contributed by atoms with Crippen molar-refractivity contribution in [1.29, 1.82) is 0 Å². The maximum absolute atomic E-state index is 12.3. The molecule has 0 saturated carbocycles. The van der Waals surface area contributed by atoms with Crippen molar-refractivity contribution in [3.63, 3.8) is 0 Å². The smallest absolute Gasteiger partial charge is 0.418 e. The molecule has 0 aromatic rings. The van der Waals surface area contributed by atoms with Gasteiger partial charge in [0.05, 0.1) is 12.6 Å². The molecule has 3 fully saturated rings. The van der Waals surface area contributed by atoms with Gasteiger partial charge in [0.2, 0.25) is 0 Å². The Hall–Kier alpha value is -2.16. The molecule has 3 N–H and O–H groups in total. The lowest BCUT2D eigenvalue weighted by molar-refractivity contribution is -0.143. The van der Waals surface area contributed by atoms with Crippen molar-refractivity contribution < 1.29 is 41.6 Å². The molecular formula is C12H18N4O9S. The molecule has 3 aliphatic rings. The first-order chi connectivity index (χ1) is 12.2. The molecule has 0 aromatic carbocycles. The lowest BCUT2D eigenvalue weighted by Gasteiger charge is -2.29. The van der Waals surface area contributed by atoms with Crippen LogP contribution in [-0.2, 0) is 24.3 Å². The van der Waals surface area contributed by atoms with Gasteiger partial charge in [0.15, 0.2) is 0 Å². The summed E-state index contributed by atoms with van der Waals surface area (Å²) in [5.41, 5.74) is 2.24. The third kappa shape index (κ3) is 3.82. The molecule has 0 radical (unpaired) electrons. The first-order valence-corrected chi connectivity index (χ1v) is 9.22. The first-order valence-electron chi connectivity index (χ1n) is 7.86. The van der Waals surface area contributed by atoms with Crippen molar-refractivity contribution in [3.05, 3.63) is 0 Å². The minimum atomic E-state index is -4.85. The Morgan fingerprint density at radius 2 is 1.92 bits per heavy atom. The molecule has 26 heavy (non-hydrogen) atoms. The summed E-state index contributed by atoms with van der Waals surface area (Å²) in [5, 5.41) is 9.43. The van der Waals surface area contributed by atoms with Crippen LogP contribution in [0.5, 0.6) is 0 Å². The standard InChI is InChI=1S/C12H18N4O9S/c17-10(13-24-8-3-4-14(6-8)12(19)20)9-2-1-7-5-15(9)11(18)16(7)25-26(21,22)23/h7-9H,1-6H2,(H,13,17)(H,19,20)(H,21,22,23)/t7-,8-,9+/m1/s1. The quantitative estimate of drug-likeness (QED) is 0.383. The van der Waals surface area contributed by atoms with Gasteiger partial charge in [-0.25, -0.2) is 15.1 Å². The number of nitrogens with one attached hydrogen (secondary N) is 1. The van der Waals surface area contributed by atoms with Crippen LogP contribution in [0.25, 0.3) is 0 Å². The van der Waals surface area contributed by atoms with E-state index >= 15 is 0 Å². The SMILES string of the molecule is O=C(NO[C@@H]1CCN(C(=O)O)C1)[C@@H]1CC[C@@H]2CN1C(=O)N2OS(=O)(=O)O. The van der Waals surface area contributed by atoms with Crippen molar-refractivity contribution in [2.75, 3.05) is 19.6 Å². The van der Waals surface area contributed by atoms with E-state index in [4.69, 9.17) is 14.5 Å². The van der Waals surface area contributed by atoms with Crippen LogP contribution < -0.4 is 5.48 Å². The number of urea groups is 1. The third-order valence-corrected chi connectivity index (χ3v) is 4.89. The van der Waals surface area contributed by atoms with Gasteiger partial charge in [0.1, 0.15) is 12.1 Å². The molecular weight excluding hydrogens is 376 g/mol. The molecule has 0 aromatic heterocycles. The molecule has 3 atom stereocenters. The van der Waals surface area contributed by atoms with E-state index in [9.17, 15) is 22.8 Å². The predicted octanol–water partition coefficient (Wildman–Crippen LogP) is -1.21. The first kappa shape index (κ1) is 18.6. The van der Waals surface area contributed by atoms with Crippen LogP contribution in [0.15, 0.2) is 0 Å². The number of amides is 4. The van der Waals surface area contributed by atoms with E-state index < -0.39 is 46.6 Å². The van der Waals surface area contributed by atoms with E-state index in [2.05, 4.69) is 9.76 Å². The summed E-state index contributed by atoms with van der Waals surface area (Å²) in [5.74, 6) is -0.598. The molecule has 4 amide bonds. The van der Waals surface area contributed by atoms with Crippen molar-refractivity contribution in [2.45, 2.75) is 37.5 Å². The summed E-state index contributed by atoms with van der Waals surface area (Å²) < 4.78 is 34.7. The number of piperidine rings is 1. The maximum Gasteiger partial charge on any atom is 0.418 e. The van der Waals surface area contributed by atoms with Gasteiger partial charge in [-0.2, -0.15) is 13.5 Å². The van der Waals surface area contributed by atoms with Crippen LogP contribution in [0.2, 0.25) is 0 Å². The van der Waals surface area contributed by atoms with Crippen molar-refractivity contribution in [3.8, 4) is 0 Å². The maximum atomic E-state index is 12.3. The molecule has 3 aliphatic heterocycles. The predicted molar refractivity (Wildman–Crippen MR) is 80.6 cm³/mol. The number of carbonyl (C=O) groups excluding carboxylic acids is 2. The zero-order valence-corrected chi connectivity index (χ0v) is 14.3. The topological polar surface area (TPSA) is 166 Å². The summed E-state index contributed by atoms with van der Waals surface area (Å²) >= 11 is 0. The zero-order valence-electron chi connectivity index (χ0n) is 13.5. The Bertz CT molecular complexity index is 713. The molecule has 3 heterocycles. The number of carbonyl (C=O) groups is 3. The number of rotatable bonds is 5. The highest BCUT2D eigenvalue weighted by Crippen LogP contribution is 2.30. The lowest BCUT2D eigenvalue weighted by atomic mass is 10.0. The fraction of sp³-hybridized carbons (Fsp3) is 0.750. The highest BCUT2D eigenvalue weighted by Gasteiger charge is 2.49. The Morgan fingerprint density at radius 3 is 2.54 bits per heavy atom. The van der Waals surface area contributed by atoms with Gasteiger partial charge in [0, 0.05) is 13.1 Å². The van der Waals surface area contributed by atoms with Crippen molar-refractivity contribution >= 4 is 28.4 Å². The van der Waals surface area contributed by atoms with Crippen LogP contribution in [-0.4, -0.2) is 88.8 Å². The van der Waals surface area contributed by atoms with E-state index in [0.717, 1.165) is 9.80 Å². The number of nitrogens with zero attached hydrogens (tertiary/aromatic N) is 3. The Kier molecular flexibility index (Phi) is 4.92. The zero-order chi connectivity index (χ0) is 19.1. The highest BCUT2D eigenvalue weighted by molar-refractivity contribution is 7.80. The van der Waals surface area contributed by atoms with Gasteiger partial charge in [-0.05, 0) is 19.3 Å².